The fourth-order valence-corrected chi connectivity index (χ4v) is 3.70. The summed E-state index contributed by atoms with van der Waals surface area (Å²) in [4.78, 5) is 14.7. The Hall–Kier alpha value is -1.06. The molecule has 1 N–H and O–H groups in total. The summed E-state index contributed by atoms with van der Waals surface area (Å²) < 4.78 is 0. The third-order valence-electron chi connectivity index (χ3n) is 5.35. The molecule has 3 rings (SSSR count). The molecule has 122 valence electrons. The smallest absolute Gasteiger partial charge is 0.225 e. The highest BCUT2D eigenvalue weighted by Crippen LogP contribution is 2.33. The predicted molar refractivity (Wildman–Crippen MR) is 92.3 cm³/mol. The van der Waals surface area contributed by atoms with Gasteiger partial charge in [-0.15, -0.1) is 12.4 Å². The molecule has 2 aliphatic rings. The van der Waals surface area contributed by atoms with Crippen molar-refractivity contribution in [1.82, 2.24) is 10.2 Å². The van der Waals surface area contributed by atoms with Crippen LogP contribution in [0.15, 0.2) is 30.3 Å². The largest absolute Gasteiger partial charge is 0.342 e. The van der Waals surface area contributed by atoms with E-state index in [1.807, 2.05) is 0 Å². The van der Waals surface area contributed by atoms with Crippen molar-refractivity contribution in [2.75, 3.05) is 26.2 Å². The van der Waals surface area contributed by atoms with Crippen LogP contribution in [0.5, 0.6) is 0 Å². The predicted octanol–water partition coefficient (Wildman–Crippen LogP) is 2.92. The molecule has 0 spiro atoms. The Morgan fingerprint density at radius 3 is 2.50 bits per heavy atom. The molecule has 2 saturated heterocycles. The molecule has 0 aliphatic carbocycles. The zero-order chi connectivity index (χ0) is 14.8. The van der Waals surface area contributed by atoms with Gasteiger partial charge in [0.15, 0.2) is 0 Å². The lowest BCUT2D eigenvalue weighted by atomic mass is 9.80. The lowest BCUT2D eigenvalue weighted by Gasteiger charge is -2.40. The fourth-order valence-electron chi connectivity index (χ4n) is 3.70. The van der Waals surface area contributed by atoms with Crippen LogP contribution in [0.25, 0.3) is 0 Å². The molecule has 3 nitrogen and oxygen atoms in total. The van der Waals surface area contributed by atoms with Crippen LogP contribution in [-0.2, 0) is 4.79 Å². The van der Waals surface area contributed by atoms with Crippen molar-refractivity contribution in [1.29, 1.82) is 0 Å². The van der Waals surface area contributed by atoms with Gasteiger partial charge in [-0.25, -0.2) is 0 Å². The zero-order valence-corrected chi connectivity index (χ0v) is 14.3. The Morgan fingerprint density at radius 2 is 1.95 bits per heavy atom. The average molecular weight is 323 g/mol. The van der Waals surface area contributed by atoms with Crippen LogP contribution in [0.1, 0.15) is 31.7 Å². The van der Waals surface area contributed by atoms with Gasteiger partial charge in [0.25, 0.3) is 0 Å². The summed E-state index contributed by atoms with van der Waals surface area (Å²) in [5.41, 5.74) is 1.42. The number of carbonyl (C=O) groups is 1. The number of carbonyl (C=O) groups excluding carboxylic acids is 1. The lowest BCUT2D eigenvalue weighted by Crippen LogP contribution is -2.52. The van der Waals surface area contributed by atoms with Gasteiger partial charge in [0.05, 0.1) is 0 Å². The molecular formula is C18H27ClN2O. The van der Waals surface area contributed by atoms with Crippen LogP contribution in [0.2, 0.25) is 0 Å². The summed E-state index contributed by atoms with van der Waals surface area (Å²) in [6.45, 7) is 8.20. The Labute approximate surface area is 139 Å². The molecule has 2 aliphatic heterocycles. The number of amides is 1. The molecule has 1 amide bonds. The number of nitrogens with one attached hydrogen (secondary N) is 1. The van der Waals surface area contributed by atoms with E-state index in [4.69, 9.17) is 0 Å². The highest BCUT2D eigenvalue weighted by Gasteiger charge is 2.35. The average Bonchev–Trinajstić information content (AvgIpc) is 2.45. The van der Waals surface area contributed by atoms with E-state index in [0.717, 1.165) is 32.6 Å². The third-order valence-corrected chi connectivity index (χ3v) is 5.35. The topological polar surface area (TPSA) is 32.3 Å². The highest BCUT2D eigenvalue weighted by molar-refractivity contribution is 5.85. The summed E-state index contributed by atoms with van der Waals surface area (Å²) in [7, 11) is 0. The maximum Gasteiger partial charge on any atom is 0.225 e. The van der Waals surface area contributed by atoms with Crippen molar-refractivity contribution >= 4 is 18.3 Å². The van der Waals surface area contributed by atoms with Gasteiger partial charge in [-0.1, -0.05) is 44.2 Å². The molecule has 2 heterocycles. The summed E-state index contributed by atoms with van der Waals surface area (Å²) in [6.07, 6.45) is 1.09. The van der Waals surface area contributed by atoms with Crippen LogP contribution in [-0.4, -0.2) is 37.0 Å². The number of likely N-dealkylation sites (tertiary alicyclic amines) is 1. The molecule has 2 fully saturated rings. The van der Waals surface area contributed by atoms with Crippen LogP contribution < -0.4 is 5.32 Å². The summed E-state index contributed by atoms with van der Waals surface area (Å²) in [6, 6.07) is 10.8. The number of rotatable bonds is 3. The lowest BCUT2D eigenvalue weighted by molar-refractivity contribution is -0.139. The monoisotopic (exact) mass is 322 g/mol. The Balaban J connectivity index is 0.00000176. The van der Waals surface area contributed by atoms with E-state index in [9.17, 15) is 4.79 Å². The van der Waals surface area contributed by atoms with E-state index in [1.165, 1.54) is 5.56 Å². The molecule has 0 aromatic heterocycles. The first kappa shape index (κ1) is 17.3. The van der Waals surface area contributed by atoms with E-state index in [0.29, 0.717) is 23.7 Å². The maximum absolute atomic E-state index is 12.6. The highest BCUT2D eigenvalue weighted by atomic mass is 35.5. The third kappa shape index (κ3) is 3.47. The maximum atomic E-state index is 12.6. The minimum atomic E-state index is 0. The zero-order valence-electron chi connectivity index (χ0n) is 13.5. The van der Waals surface area contributed by atoms with Crippen LogP contribution in [0.4, 0.5) is 0 Å². The standard InChI is InChI=1S/C18H26N2O.ClH/c1-13-12-20(18(21)14(2)16-10-19-11-16)9-8-17(13)15-6-4-3-5-7-15;/h3-7,13-14,16-17,19H,8-12H2,1-2H3;1H. The fraction of sp³-hybridized carbons (Fsp3) is 0.611. The minimum absolute atomic E-state index is 0. The van der Waals surface area contributed by atoms with Crippen molar-refractivity contribution in [2.45, 2.75) is 26.2 Å². The summed E-state index contributed by atoms with van der Waals surface area (Å²) in [5, 5.41) is 3.27. The quantitative estimate of drug-likeness (QED) is 0.928. The van der Waals surface area contributed by atoms with Crippen molar-refractivity contribution < 1.29 is 4.79 Å². The van der Waals surface area contributed by atoms with E-state index in [-0.39, 0.29) is 18.3 Å². The van der Waals surface area contributed by atoms with E-state index in [2.05, 4.69) is 54.4 Å². The molecule has 4 heteroatoms. The summed E-state index contributed by atoms with van der Waals surface area (Å²) in [5.74, 6) is 2.21. The second kappa shape index (κ2) is 7.47. The van der Waals surface area contributed by atoms with Gasteiger partial charge < -0.3 is 10.2 Å². The Kier molecular flexibility index (Phi) is 5.87. The molecule has 0 radical (unpaired) electrons. The SMILES string of the molecule is CC1CN(C(=O)C(C)C2CNC2)CCC1c1ccccc1.Cl. The molecule has 0 saturated carbocycles. The van der Waals surface area contributed by atoms with Crippen molar-refractivity contribution in [2.24, 2.45) is 17.8 Å². The minimum Gasteiger partial charge on any atom is -0.342 e. The van der Waals surface area contributed by atoms with Gasteiger partial charge in [0.1, 0.15) is 0 Å². The van der Waals surface area contributed by atoms with Crippen molar-refractivity contribution in [3.05, 3.63) is 35.9 Å². The van der Waals surface area contributed by atoms with E-state index in [1.54, 1.807) is 0 Å². The first-order chi connectivity index (χ1) is 10.2. The molecule has 1 aromatic rings. The van der Waals surface area contributed by atoms with E-state index >= 15 is 0 Å². The molecular weight excluding hydrogens is 296 g/mol. The van der Waals surface area contributed by atoms with Crippen molar-refractivity contribution in [3.8, 4) is 0 Å². The Bertz CT molecular complexity index is 489. The number of nitrogens with zero attached hydrogens (tertiary/aromatic N) is 1. The Morgan fingerprint density at radius 1 is 1.27 bits per heavy atom. The number of halogens is 1. The second-order valence-electron chi connectivity index (χ2n) is 6.77. The van der Waals surface area contributed by atoms with Gasteiger partial charge in [0.2, 0.25) is 5.91 Å². The van der Waals surface area contributed by atoms with E-state index < -0.39 is 0 Å². The number of piperidine rings is 1. The van der Waals surface area contributed by atoms with Gasteiger partial charge in [-0.3, -0.25) is 4.79 Å². The normalized spacial score (nSPS) is 26.7. The van der Waals surface area contributed by atoms with Crippen LogP contribution in [0.3, 0.4) is 0 Å². The van der Waals surface area contributed by atoms with Gasteiger partial charge in [0, 0.05) is 19.0 Å². The molecule has 1 aromatic carbocycles. The van der Waals surface area contributed by atoms with Crippen molar-refractivity contribution in [3.63, 3.8) is 0 Å². The van der Waals surface area contributed by atoms with Gasteiger partial charge in [-0.05, 0) is 42.8 Å². The first-order valence-electron chi connectivity index (χ1n) is 8.21. The van der Waals surface area contributed by atoms with Crippen LogP contribution >= 0.6 is 12.4 Å². The molecule has 22 heavy (non-hydrogen) atoms. The molecule has 0 bridgehead atoms. The molecule has 3 unspecified atom stereocenters. The number of hydrogen-bond acceptors (Lipinski definition) is 2. The summed E-state index contributed by atoms with van der Waals surface area (Å²) >= 11 is 0. The van der Waals surface area contributed by atoms with Crippen LogP contribution in [0, 0.1) is 17.8 Å². The van der Waals surface area contributed by atoms with Gasteiger partial charge >= 0.3 is 0 Å². The first-order valence-corrected chi connectivity index (χ1v) is 8.21. The molecule has 3 atom stereocenters. The number of benzene rings is 1. The second-order valence-corrected chi connectivity index (χ2v) is 6.77. The number of hydrogen-bond donors (Lipinski definition) is 1. The van der Waals surface area contributed by atoms with Gasteiger partial charge in [-0.2, -0.15) is 0 Å².